The molecule has 19 nitrogen and oxygen atoms in total. The summed E-state index contributed by atoms with van der Waals surface area (Å²) in [7, 11) is 1.23. The summed E-state index contributed by atoms with van der Waals surface area (Å²) in [5, 5.41) is 28.6. The normalized spacial score (nSPS) is 19.8. The molecule has 3 atom stereocenters. The number of fused-ring (bicyclic) bond motifs is 2. The van der Waals surface area contributed by atoms with Crippen molar-refractivity contribution >= 4 is 80.6 Å². The van der Waals surface area contributed by atoms with E-state index in [1.165, 1.54) is 36.5 Å². The van der Waals surface area contributed by atoms with Gasteiger partial charge in [0.15, 0.2) is 10.8 Å². The highest BCUT2D eigenvalue weighted by atomic mass is 32.2. The Labute approximate surface area is 306 Å². The first kappa shape index (κ1) is 36.9. The van der Waals surface area contributed by atoms with Crippen LogP contribution in [0, 0.1) is 5.82 Å². The van der Waals surface area contributed by atoms with E-state index in [1.807, 2.05) is 0 Å². The third-order valence-electron chi connectivity index (χ3n) is 8.57. The molecule has 0 spiro atoms. The van der Waals surface area contributed by atoms with E-state index in [4.69, 9.17) is 20.0 Å². The fraction of sp³-hybridized carbons (Fsp3) is 0.355. The number of carbonyl (C=O) groups is 5. The number of nitrogens with zero attached hydrogens (tertiary/aromatic N) is 5. The number of hydrogen-bond donors (Lipinski definition) is 5. The summed E-state index contributed by atoms with van der Waals surface area (Å²) >= 11 is 2.24. The number of benzene rings is 1. The zero-order chi connectivity index (χ0) is 38.1. The minimum atomic E-state index is -1.71. The van der Waals surface area contributed by atoms with Crippen LogP contribution >= 0.6 is 23.1 Å². The van der Waals surface area contributed by atoms with Crippen molar-refractivity contribution in [2.45, 2.75) is 37.3 Å². The van der Waals surface area contributed by atoms with Crippen LogP contribution in [0.1, 0.15) is 29.4 Å². The number of amides is 3. The number of β-lactam (4-membered cyclic amide) rings is 1. The number of carboxylic acid groups (broad SMARTS) is 2. The largest absolute Gasteiger partial charge is 0.512 e. The molecule has 22 heteroatoms. The number of alkyl carbamates (subject to hydrolysis) is 1. The Balaban J connectivity index is 1.09. The summed E-state index contributed by atoms with van der Waals surface area (Å²) in [5.74, 6) is -3.88. The molecular formula is C31H31FN8O11S2. The van der Waals surface area contributed by atoms with Crippen LogP contribution in [0.2, 0.25) is 0 Å². The fourth-order valence-corrected chi connectivity index (χ4v) is 7.98. The van der Waals surface area contributed by atoms with Crippen LogP contribution in [0.5, 0.6) is 0 Å². The number of carboxylic acids is 1. The molecule has 0 radical (unpaired) electrons. The maximum atomic E-state index is 15.3. The quantitative estimate of drug-likeness (QED) is 0.0802. The number of aromatic nitrogens is 2. The van der Waals surface area contributed by atoms with Crippen molar-refractivity contribution in [3.05, 3.63) is 62.5 Å². The van der Waals surface area contributed by atoms with Gasteiger partial charge in [-0.15, -0.1) is 23.1 Å². The van der Waals surface area contributed by atoms with E-state index < -0.39 is 70.9 Å². The fourth-order valence-electron chi connectivity index (χ4n) is 6.12. The molecule has 2 saturated heterocycles. The first-order chi connectivity index (χ1) is 25.3. The van der Waals surface area contributed by atoms with Crippen molar-refractivity contribution < 1.29 is 52.9 Å². The molecule has 1 unspecified atom stereocenters. The first-order valence-electron chi connectivity index (χ1n) is 15.8. The van der Waals surface area contributed by atoms with Gasteiger partial charge in [0.05, 0.1) is 17.2 Å². The Morgan fingerprint density at radius 2 is 1.96 bits per heavy atom. The molecule has 53 heavy (non-hydrogen) atoms. The Morgan fingerprint density at radius 1 is 1.19 bits per heavy atom. The van der Waals surface area contributed by atoms with Crippen molar-refractivity contribution in [2.24, 2.45) is 5.16 Å². The number of ether oxygens (including phenoxy) is 2. The molecule has 2 aromatic heterocycles. The van der Waals surface area contributed by atoms with E-state index in [0.29, 0.717) is 25.0 Å². The third kappa shape index (κ3) is 7.26. The van der Waals surface area contributed by atoms with E-state index in [0.717, 1.165) is 22.3 Å². The highest BCUT2D eigenvalue weighted by Crippen LogP contribution is 2.41. The first-order valence-corrected chi connectivity index (χ1v) is 17.7. The monoisotopic (exact) mass is 774 g/mol. The van der Waals surface area contributed by atoms with Gasteiger partial charge in [-0.05, 0) is 25.5 Å². The van der Waals surface area contributed by atoms with Crippen LogP contribution in [0.25, 0.3) is 10.9 Å². The van der Waals surface area contributed by atoms with Crippen LogP contribution in [-0.4, -0.2) is 110 Å². The summed E-state index contributed by atoms with van der Waals surface area (Å²) in [4.78, 5) is 86.4. The highest BCUT2D eigenvalue weighted by Gasteiger charge is 2.54. The minimum absolute atomic E-state index is 0.0679. The van der Waals surface area contributed by atoms with Crippen LogP contribution in [-0.2, 0) is 30.4 Å². The molecule has 6 rings (SSSR count). The molecule has 6 N–H and O–H groups in total. The Bertz CT molecular complexity index is 2150. The number of oxime groups is 1. The van der Waals surface area contributed by atoms with Crippen molar-refractivity contribution in [1.82, 2.24) is 25.1 Å². The number of aromatic carboxylic acids is 1. The second-order valence-electron chi connectivity index (χ2n) is 11.8. The maximum Gasteiger partial charge on any atom is 0.512 e. The molecule has 1 aromatic carbocycles. The number of aryl methyl sites for hydroxylation is 1. The summed E-state index contributed by atoms with van der Waals surface area (Å²) in [6, 6.07) is 0.923. The van der Waals surface area contributed by atoms with Gasteiger partial charge in [-0.25, -0.2) is 23.8 Å². The Morgan fingerprint density at radius 3 is 2.62 bits per heavy atom. The molecule has 5 heterocycles. The Kier molecular flexibility index (Phi) is 10.4. The number of anilines is 2. The molecule has 3 aromatic rings. The number of nitrogens with two attached hydrogens (primary N) is 1. The van der Waals surface area contributed by atoms with Gasteiger partial charge in [0, 0.05) is 47.9 Å². The number of rotatable bonds is 11. The number of halogens is 1. The molecule has 3 aliphatic rings. The number of pyridine rings is 1. The van der Waals surface area contributed by atoms with Crippen molar-refractivity contribution in [1.29, 1.82) is 0 Å². The standard InChI is InChI=1S/C31H31FN8O11S2/c1-3-38-9-16(28(44)45)23(41)15-6-17(32)20(7-19(15)38)39-5-4-14(8-39)34-30(46)50-10-13-11-52-27-22(25(43)40(27)26(13)51-31(47)48)36-24(42)21(37-49-2)18-12-53-29(33)35-18/h6-7,9,12,14,22,27H,3-5,8,10-11H2,1-2H3,(H2,33,35)(H,34,46)(H,36,42)(H,44,45)(H,47,48)/b37-21-/t14?,22-,27-/m1/s1. The minimum Gasteiger partial charge on any atom is -0.477 e. The third-order valence-corrected chi connectivity index (χ3v) is 10.6. The van der Waals surface area contributed by atoms with Gasteiger partial charge in [0.2, 0.25) is 11.3 Å². The second-order valence-corrected chi connectivity index (χ2v) is 13.8. The average molecular weight is 775 g/mol. The van der Waals surface area contributed by atoms with Gasteiger partial charge in [-0.2, -0.15) is 0 Å². The predicted octanol–water partition coefficient (Wildman–Crippen LogP) is 1.56. The summed E-state index contributed by atoms with van der Waals surface area (Å²) in [6.07, 6.45) is -0.953. The van der Waals surface area contributed by atoms with Crippen LogP contribution in [0.15, 0.2) is 45.1 Å². The molecule has 0 saturated carbocycles. The predicted molar refractivity (Wildman–Crippen MR) is 187 cm³/mol. The lowest BCUT2D eigenvalue weighted by molar-refractivity contribution is -0.148. The average Bonchev–Trinajstić information content (AvgIpc) is 3.76. The Hall–Kier alpha value is -5.90. The molecule has 3 aliphatic heterocycles. The van der Waals surface area contributed by atoms with Crippen LogP contribution in [0.3, 0.4) is 0 Å². The summed E-state index contributed by atoms with van der Waals surface area (Å²) < 4.78 is 27.2. The van der Waals surface area contributed by atoms with Crippen molar-refractivity contribution in [3.63, 3.8) is 0 Å². The lowest BCUT2D eigenvalue weighted by atomic mass is 10.1. The maximum absolute atomic E-state index is 15.3. The van der Waals surface area contributed by atoms with Gasteiger partial charge in [-0.1, -0.05) is 5.16 Å². The van der Waals surface area contributed by atoms with Crippen molar-refractivity contribution in [2.75, 3.05) is 43.2 Å². The smallest absolute Gasteiger partial charge is 0.477 e. The number of nitrogens with one attached hydrogen (secondary N) is 2. The van der Waals surface area contributed by atoms with Gasteiger partial charge >= 0.3 is 18.2 Å². The van der Waals surface area contributed by atoms with E-state index >= 15 is 4.39 Å². The highest BCUT2D eigenvalue weighted by molar-refractivity contribution is 8.00. The van der Waals surface area contributed by atoms with E-state index in [-0.39, 0.29) is 51.4 Å². The van der Waals surface area contributed by atoms with Crippen molar-refractivity contribution in [3.8, 4) is 0 Å². The number of nitrogen functional groups attached to an aromatic ring is 1. The lowest BCUT2D eigenvalue weighted by Crippen LogP contribution is -2.70. The molecule has 0 bridgehead atoms. The molecular weight excluding hydrogens is 744 g/mol. The van der Waals surface area contributed by atoms with E-state index in [9.17, 15) is 39.0 Å². The van der Waals surface area contributed by atoms with Crippen LogP contribution < -0.4 is 26.7 Å². The SMILES string of the molecule is CCn1cc(C(=O)O)c(=O)c2cc(F)c(N3CCC(NC(=O)OCC4=C(OC(=O)O)N5C(=O)[C@@H](NC(=O)/C(=N\OC)c6csc(N)n6)[C@H]5SC4)C3)cc21. The number of carbonyl (C=O) groups excluding carboxylic acids is 3. The van der Waals surface area contributed by atoms with E-state index in [1.54, 1.807) is 16.4 Å². The number of hydrogen-bond acceptors (Lipinski definition) is 15. The number of thioether (sulfide) groups is 1. The van der Waals surface area contributed by atoms with Gasteiger partial charge in [-0.3, -0.25) is 19.3 Å². The van der Waals surface area contributed by atoms with Crippen LogP contribution in [0.4, 0.5) is 24.8 Å². The van der Waals surface area contributed by atoms with Gasteiger partial charge in [0.1, 0.15) is 42.2 Å². The van der Waals surface area contributed by atoms with Gasteiger partial charge < -0.3 is 50.4 Å². The van der Waals surface area contributed by atoms with E-state index in [2.05, 4.69) is 20.8 Å². The molecule has 0 aliphatic carbocycles. The lowest BCUT2D eigenvalue weighted by Gasteiger charge is -2.49. The van der Waals surface area contributed by atoms with Gasteiger partial charge in [0.25, 0.3) is 11.8 Å². The summed E-state index contributed by atoms with van der Waals surface area (Å²) in [5.41, 5.74) is 5.01. The zero-order valence-electron chi connectivity index (χ0n) is 27.9. The topological polar surface area (TPSA) is 257 Å². The summed E-state index contributed by atoms with van der Waals surface area (Å²) in [6.45, 7) is 2.16. The zero-order valence-corrected chi connectivity index (χ0v) is 29.5. The second kappa shape index (κ2) is 15.0. The number of thiazole rings is 1. The molecule has 3 amide bonds. The molecule has 280 valence electrons. The molecule has 2 fully saturated rings.